The molecule has 0 heterocycles. The van der Waals surface area contributed by atoms with Gasteiger partial charge in [-0.3, -0.25) is 0 Å². The number of ether oxygens (including phenoxy) is 2. The first kappa shape index (κ1) is 18.2. The van der Waals surface area contributed by atoms with Crippen LogP contribution in [0.5, 0.6) is 11.5 Å². The molecule has 3 N–H and O–H groups in total. The molecule has 0 fully saturated rings. The normalized spacial score (nSPS) is 12.5. The number of aliphatic hydroxyl groups is 2. The molecular weight excluding hydrogens is 338 g/mol. The smallest absolute Gasteiger partial charge is 0.175 e. The molecule has 0 saturated carbocycles. The van der Waals surface area contributed by atoms with Gasteiger partial charge in [-0.15, -0.1) is 0 Å². The fourth-order valence-electron chi connectivity index (χ4n) is 1.68. The van der Waals surface area contributed by atoms with E-state index in [1.807, 2.05) is 19.1 Å². The van der Waals surface area contributed by atoms with Crippen LogP contribution >= 0.6 is 15.9 Å². The fourth-order valence-corrected chi connectivity index (χ4v) is 2.28. The van der Waals surface area contributed by atoms with E-state index in [9.17, 15) is 5.11 Å². The highest BCUT2D eigenvalue weighted by Gasteiger charge is 2.14. The van der Waals surface area contributed by atoms with Crippen LogP contribution < -0.4 is 14.8 Å². The highest BCUT2D eigenvalue weighted by Crippen LogP contribution is 2.37. The zero-order valence-corrected chi connectivity index (χ0v) is 14.3. The molecule has 1 rings (SSSR count). The average Bonchev–Trinajstić information content (AvgIpc) is 2.44. The Hall–Kier alpha value is -0.820. The molecule has 0 saturated heterocycles. The highest BCUT2D eigenvalue weighted by atomic mass is 79.9. The van der Waals surface area contributed by atoms with E-state index >= 15 is 0 Å². The fraction of sp³-hybridized carbons (Fsp3) is 0.600. The minimum absolute atomic E-state index is 0.0127. The third-order valence-corrected chi connectivity index (χ3v) is 3.30. The van der Waals surface area contributed by atoms with Crippen molar-refractivity contribution in [1.29, 1.82) is 0 Å². The molecule has 1 aromatic carbocycles. The molecular formula is C15H24BrNO4. The van der Waals surface area contributed by atoms with E-state index in [0.717, 1.165) is 16.6 Å². The Morgan fingerprint density at radius 3 is 2.57 bits per heavy atom. The predicted octanol–water partition coefficient (Wildman–Crippen LogP) is 2.08. The third kappa shape index (κ3) is 6.22. The Morgan fingerprint density at radius 2 is 2.00 bits per heavy atom. The second kappa shape index (κ2) is 9.25. The minimum Gasteiger partial charge on any atom is -0.490 e. The van der Waals surface area contributed by atoms with Gasteiger partial charge < -0.3 is 25.0 Å². The first-order valence-electron chi connectivity index (χ1n) is 7.08. The largest absolute Gasteiger partial charge is 0.490 e. The van der Waals surface area contributed by atoms with Gasteiger partial charge in [0.05, 0.1) is 17.7 Å². The summed E-state index contributed by atoms with van der Waals surface area (Å²) in [5.41, 5.74) is 1.08. The van der Waals surface area contributed by atoms with Gasteiger partial charge in [0.15, 0.2) is 11.5 Å². The van der Waals surface area contributed by atoms with Gasteiger partial charge in [0.1, 0.15) is 12.7 Å². The minimum atomic E-state index is -0.909. The van der Waals surface area contributed by atoms with Crippen LogP contribution in [0, 0.1) is 0 Å². The van der Waals surface area contributed by atoms with Crippen LogP contribution in [0.3, 0.4) is 0 Å². The maximum Gasteiger partial charge on any atom is 0.175 e. The monoisotopic (exact) mass is 361 g/mol. The third-order valence-electron chi connectivity index (χ3n) is 2.71. The topological polar surface area (TPSA) is 71.0 Å². The molecule has 0 aliphatic rings. The van der Waals surface area contributed by atoms with Crippen molar-refractivity contribution in [2.24, 2.45) is 0 Å². The van der Waals surface area contributed by atoms with E-state index in [1.54, 1.807) is 0 Å². The molecule has 0 aliphatic heterocycles. The van der Waals surface area contributed by atoms with Gasteiger partial charge in [-0.1, -0.05) is 13.8 Å². The summed E-state index contributed by atoms with van der Waals surface area (Å²) in [7, 11) is 0. The Kier molecular flexibility index (Phi) is 8.03. The molecule has 1 atom stereocenters. The maximum absolute atomic E-state index is 9.39. The lowest BCUT2D eigenvalue weighted by molar-refractivity contribution is 0.0522. The van der Waals surface area contributed by atoms with Gasteiger partial charge in [-0.25, -0.2) is 0 Å². The number of hydrogen-bond donors (Lipinski definition) is 3. The number of hydrogen-bond acceptors (Lipinski definition) is 5. The van der Waals surface area contributed by atoms with Crippen LogP contribution in [-0.4, -0.2) is 42.2 Å². The van der Waals surface area contributed by atoms with Crippen LogP contribution in [0.15, 0.2) is 16.6 Å². The summed E-state index contributed by atoms with van der Waals surface area (Å²) in [6.07, 6.45) is -0.909. The predicted molar refractivity (Wildman–Crippen MR) is 85.9 cm³/mol. The van der Waals surface area contributed by atoms with Crippen molar-refractivity contribution < 1.29 is 19.7 Å². The molecule has 0 amide bonds. The Balaban J connectivity index is 2.90. The lowest BCUT2D eigenvalue weighted by Crippen LogP contribution is -2.22. The number of halogens is 1. The summed E-state index contributed by atoms with van der Waals surface area (Å²) in [6.45, 7) is 7.01. The molecule has 5 nitrogen and oxygen atoms in total. The standard InChI is InChI=1S/C15H24BrNO4/c1-4-20-14-6-11(7-17-10(2)3)5-13(16)15(14)21-9-12(19)8-18/h5-6,10,12,17-19H,4,7-9H2,1-3H3. The van der Waals surface area contributed by atoms with Crippen LogP contribution in [0.25, 0.3) is 0 Å². The molecule has 6 heteroatoms. The summed E-state index contributed by atoms with van der Waals surface area (Å²) in [4.78, 5) is 0. The van der Waals surface area contributed by atoms with Gasteiger partial charge >= 0.3 is 0 Å². The summed E-state index contributed by atoms with van der Waals surface area (Å²) in [6, 6.07) is 4.28. The molecule has 0 aliphatic carbocycles. The van der Waals surface area contributed by atoms with Crippen LogP contribution in [0.2, 0.25) is 0 Å². The first-order chi connectivity index (χ1) is 9.97. The lowest BCUT2D eigenvalue weighted by Gasteiger charge is -2.17. The number of nitrogens with one attached hydrogen (secondary N) is 1. The Labute approximate surface area is 134 Å². The molecule has 21 heavy (non-hydrogen) atoms. The van der Waals surface area contributed by atoms with E-state index in [2.05, 4.69) is 35.1 Å². The van der Waals surface area contributed by atoms with Gasteiger partial charge in [-0.05, 0) is 40.5 Å². The van der Waals surface area contributed by atoms with Crippen LogP contribution in [-0.2, 0) is 6.54 Å². The van der Waals surface area contributed by atoms with Crippen molar-refractivity contribution >= 4 is 15.9 Å². The zero-order valence-electron chi connectivity index (χ0n) is 12.7. The molecule has 1 unspecified atom stereocenters. The number of aliphatic hydroxyl groups excluding tert-OH is 2. The molecule has 0 radical (unpaired) electrons. The van der Waals surface area contributed by atoms with Gasteiger partial charge in [0.25, 0.3) is 0 Å². The van der Waals surface area contributed by atoms with Crippen molar-refractivity contribution in [2.45, 2.75) is 39.5 Å². The Morgan fingerprint density at radius 1 is 1.29 bits per heavy atom. The lowest BCUT2D eigenvalue weighted by atomic mass is 10.2. The van der Waals surface area contributed by atoms with Gasteiger partial charge in [-0.2, -0.15) is 0 Å². The molecule has 1 aromatic rings. The van der Waals surface area contributed by atoms with Crippen LogP contribution in [0.1, 0.15) is 26.3 Å². The van der Waals surface area contributed by atoms with E-state index in [-0.39, 0.29) is 13.2 Å². The summed E-state index contributed by atoms with van der Waals surface area (Å²) in [5.74, 6) is 1.16. The van der Waals surface area contributed by atoms with E-state index in [4.69, 9.17) is 14.6 Å². The zero-order chi connectivity index (χ0) is 15.8. The van der Waals surface area contributed by atoms with Crippen molar-refractivity contribution in [3.63, 3.8) is 0 Å². The van der Waals surface area contributed by atoms with Gasteiger partial charge in [0, 0.05) is 12.6 Å². The SMILES string of the molecule is CCOc1cc(CNC(C)C)cc(Br)c1OCC(O)CO. The second-order valence-electron chi connectivity index (χ2n) is 5.02. The maximum atomic E-state index is 9.39. The van der Waals surface area contributed by atoms with Crippen LogP contribution in [0.4, 0.5) is 0 Å². The second-order valence-corrected chi connectivity index (χ2v) is 5.88. The van der Waals surface area contributed by atoms with Gasteiger partial charge in [0.2, 0.25) is 0 Å². The van der Waals surface area contributed by atoms with Crippen molar-refractivity contribution in [1.82, 2.24) is 5.32 Å². The number of benzene rings is 1. The van der Waals surface area contributed by atoms with Crippen molar-refractivity contribution in [3.8, 4) is 11.5 Å². The van der Waals surface area contributed by atoms with Crippen molar-refractivity contribution in [2.75, 3.05) is 19.8 Å². The summed E-state index contributed by atoms with van der Waals surface area (Å²) < 4.78 is 11.9. The average molecular weight is 362 g/mol. The van der Waals surface area contributed by atoms with E-state index < -0.39 is 6.10 Å². The summed E-state index contributed by atoms with van der Waals surface area (Å²) >= 11 is 3.47. The van der Waals surface area contributed by atoms with E-state index in [1.165, 1.54) is 0 Å². The molecule has 0 aromatic heterocycles. The first-order valence-corrected chi connectivity index (χ1v) is 7.87. The molecule has 0 spiro atoms. The van der Waals surface area contributed by atoms with Crippen molar-refractivity contribution in [3.05, 3.63) is 22.2 Å². The quantitative estimate of drug-likeness (QED) is 0.628. The summed E-state index contributed by atoms with van der Waals surface area (Å²) in [5, 5.41) is 21.6. The number of rotatable bonds is 9. The molecule has 120 valence electrons. The Bertz CT molecular complexity index is 440. The van der Waals surface area contributed by atoms with E-state index in [0.29, 0.717) is 24.1 Å². The highest BCUT2D eigenvalue weighted by molar-refractivity contribution is 9.10. The molecule has 0 bridgehead atoms.